The number of furan rings is 1. The lowest BCUT2D eigenvalue weighted by Crippen LogP contribution is -2.50. The molecule has 260 valence electrons. The van der Waals surface area contributed by atoms with E-state index in [0.717, 1.165) is 21.9 Å². The highest BCUT2D eigenvalue weighted by molar-refractivity contribution is 6.71. The van der Waals surface area contributed by atoms with Crippen molar-refractivity contribution >= 4 is 161 Å². The van der Waals surface area contributed by atoms with Crippen LogP contribution in [0.5, 0.6) is 0 Å². The molecule has 0 bridgehead atoms. The quantitative estimate of drug-likeness (QED) is 0.182. The molecular formula is C48H38B8O. The zero-order valence-corrected chi connectivity index (χ0v) is 34.1. The van der Waals surface area contributed by atoms with Gasteiger partial charge in [0.15, 0.2) is 0 Å². The van der Waals surface area contributed by atoms with Gasteiger partial charge in [-0.2, -0.15) is 0 Å². The predicted molar refractivity (Wildman–Crippen MR) is 273 cm³/mol. The lowest BCUT2D eigenvalue weighted by molar-refractivity contribution is 0.669. The Hall–Kier alpha value is -5.92. The van der Waals surface area contributed by atoms with E-state index >= 15 is 0 Å². The summed E-state index contributed by atoms with van der Waals surface area (Å²) in [5.74, 6) is 0. The molecule has 10 aromatic rings. The van der Waals surface area contributed by atoms with Crippen molar-refractivity contribution in [2.45, 2.75) is 0 Å². The van der Waals surface area contributed by atoms with Gasteiger partial charge in [-0.25, -0.2) is 0 Å². The molecule has 1 aromatic heterocycles. The van der Waals surface area contributed by atoms with E-state index in [1.165, 1.54) is 121 Å². The van der Waals surface area contributed by atoms with Crippen LogP contribution in [0.4, 0.5) is 0 Å². The summed E-state index contributed by atoms with van der Waals surface area (Å²) in [6.45, 7) is 0. The molecule has 0 aliphatic rings. The summed E-state index contributed by atoms with van der Waals surface area (Å²) in [5.41, 5.74) is 22.7. The molecule has 0 unspecified atom stereocenters. The molecule has 57 heavy (non-hydrogen) atoms. The number of hydrogen-bond acceptors (Lipinski definition) is 1. The van der Waals surface area contributed by atoms with E-state index in [4.69, 9.17) is 4.42 Å². The zero-order valence-electron chi connectivity index (χ0n) is 34.1. The van der Waals surface area contributed by atoms with Crippen LogP contribution in [0.15, 0.2) is 138 Å². The highest BCUT2D eigenvalue weighted by Crippen LogP contribution is 2.43. The summed E-state index contributed by atoms with van der Waals surface area (Å²) in [7, 11) is 18.6. The molecular weight excluding hydrogens is 679 g/mol. The van der Waals surface area contributed by atoms with Crippen LogP contribution < -0.4 is 43.7 Å². The van der Waals surface area contributed by atoms with Crippen molar-refractivity contribution in [3.63, 3.8) is 0 Å². The van der Waals surface area contributed by atoms with Gasteiger partial charge in [-0.15, -0.1) is 21.9 Å². The highest BCUT2D eigenvalue weighted by Gasteiger charge is 2.25. The fraction of sp³-hybridized carbons (Fsp3) is 0. The van der Waals surface area contributed by atoms with Crippen LogP contribution in [-0.2, 0) is 0 Å². The summed E-state index contributed by atoms with van der Waals surface area (Å²) in [6.07, 6.45) is 0. The van der Waals surface area contributed by atoms with Gasteiger partial charge in [-0.1, -0.05) is 131 Å². The second kappa shape index (κ2) is 13.3. The van der Waals surface area contributed by atoms with E-state index in [-0.39, 0.29) is 0 Å². The highest BCUT2D eigenvalue weighted by atomic mass is 16.3. The van der Waals surface area contributed by atoms with E-state index in [2.05, 4.69) is 196 Å². The summed E-state index contributed by atoms with van der Waals surface area (Å²) in [6, 6.07) is 48.8. The van der Waals surface area contributed by atoms with Crippen LogP contribution in [-0.4, -0.2) is 62.8 Å². The Morgan fingerprint density at radius 2 is 0.649 bits per heavy atom. The molecule has 0 amide bonds. The monoisotopic (exact) mass is 718 g/mol. The topological polar surface area (TPSA) is 13.1 Å². The van der Waals surface area contributed by atoms with Gasteiger partial charge in [0.2, 0.25) is 0 Å². The molecule has 0 saturated carbocycles. The molecule has 0 aliphatic heterocycles. The van der Waals surface area contributed by atoms with Crippen LogP contribution in [0.2, 0.25) is 0 Å². The van der Waals surface area contributed by atoms with Gasteiger partial charge in [0.1, 0.15) is 73.9 Å². The second-order valence-electron chi connectivity index (χ2n) is 16.3. The standard InChI is InChI=1S/C48H38B8O/c49-41-37-35(27-16-14-26(15-17-27)25-12-10-24(11-13-25)23-6-2-1-3-7-23)38-40(44(52)48(56)46(54)42(38)50)36(39(37)43(51)47(55)45(41)53)30-18-19-33-31(21-30)32-20-28-8-4-5-9-29(28)22-34(32)57-33/h1-22H,49-56H2. The fourth-order valence-electron chi connectivity index (χ4n) is 9.64. The number of rotatable bonds is 4. The van der Waals surface area contributed by atoms with Crippen LogP contribution in [0.3, 0.4) is 0 Å². The average molecular weight is 717 g/mol. The van der Waals surface area contributed by atoms with Gasteiger partial charge in [-0.3, -0.25) is 0 Å². The minimum atomic E-state index is 0.920. The fourth-order valence-corrected chi connectivity index (χ4v) is 9.64. The first-order valence-electron chi connectivity index (χ1n) is 20.2. The molecule has 9 heteroatoms. The second-order valence-corrected chi connectivity index (χ2v) is 16.3. The van der Waals surface area contributed by atoms with Crippen molar-refractivity contribution in [3.8, 4) is 44.5 Å². The smallest absolute Gasteiger partial charge is 0.139 e. The van der Waals surface area contributed by atoms with Crippen LogP contribution in [0.25, 0.3) is 98.8 Å². The van der Waals surface area contributed by atoms with Crippen molar-refractivity contribution in [1.82, 2.24) is 0 Å². The largest absolute Gasteiger partial charge is 0.456 e. The SMILES string of the molecule is Bc1c(B)c(B)c2c(-c3ccc4oc5cc6ccccc6cc5c4c3)c3c(B)c(B)c(B)c(B)c3c(-c3ccc(-c4ccc(-c5ccccc5)cc4)cc3)c2c1B. The van der Waals surface area contributed by atoms with E-state index in [0.29, 0.717) is 0 Å². The zero-order chi connectivity index (χ0) is 39.3. The lowest BCUT2D eigenvalue weighted by Gasteiger charge is -2.28. The van der Waals surface area contributed by atoms with Gasteiger partial charge >= 0.3 is 0 Å². The molecule has 0 radical (unpaired) electrons. The third-order valence-electron chi connectivity index (χ3n) is 13.5. The molecule has 0 fully saturated rings. The van der Waals surface area contributed by atoms with Crippen LogP contribution in [0.1, 0.15) is 0 Å². The summed E-state index contributed by atoms with van der Waals surface area (Å²) in [5, 5.41) is 10.1. The molecule has 10 rings (SSSR count). The van der Waals surface area contributed by atoms with E-state index in [9.17, 15) is 0 Å². The first kappa shape index (κ1) is 35.5. The van der Waals surface area contributed by atoms with Crippen molar-refractivity contribution in [2.75, 3.05) is 0 Å². The van der Waals surface area contributed by atoms with Crippen molar-refractivity contribution in [2.24, 2.45) is 0 Å². The molecule has 0 spiro atoms. The lowest BCUT2D eigenvalue weighted by atomic mass is 9.59. The maximum absolute atomic E-state index is 6.53. The van der Waals surface area contributed by atoms with Gasteiger partial charge in [0, 0.05) is 10.8 Å². The van der Waals surface area contributed by atoms with Crippen LogP contribution in [0, 0.1) is 0 Å². The van der Waals surface area contributed by atoms with Crippen molar-refractivity contribution in [3.05, 3.63) is 133 Å². The van der Waals surface area contributed by atoms with Gasteiger partial charge < -0.3 is 4.42 Å². The minimum Gasteiger partial charge on any atom is -0.456 e. The third kappa shape index (κ3) is 5.43. The molecule has 9 aromatic carbocycles. The Balaban J connectivity index is 1.26. The Kier molecular flexibility index (Phi) is 8.31. The maximum atomic E-state index is 6.53. The molecule has 0 N–H and O–H groups in total. The first-order chi connectivity index (χ1) is 27.6. The Labute approximate surface area is 341 Å². The Bertz CT molecular complexity index is 3220. The van der Waals surface area contributed by atoms with E-state index in [1.807, 2.05) is 0 Å². The molecule has 0 saturated heterocycles. The summed E-state index contributed by atoms with van der Waals surface area (Å²) >= 11 is 0. The van der Waals surface area contributed by atoms with Gasteiger partial charge in [-0.05, 0) is 101 Å². The predicted octanol–water partition coefficient (Wildman–Crippen LogP) is -0.219. The molecule has 1 heterocycles. The van der Waals surface area contributed by atoms with Gasteiger partial charge in [0.05, 0.1) is 0 Å². The van der Waals surface area contributed by atoms with E-state index in [1.54, 1.807) is 0 Å². The molecule has 0 aliphatic carbocycles. The Morgan fingerprint density at radius 3 is 1.14 bits per heavy atom. The van der Waals surface area contributed by atoms with Crippen molar-refractivity contribution < 1.29 is 4.42 Å². The van der Waals surface area contributed by atoms with Gasteiger partial charge in [0.25, 0.3) is 0 Å². The first-order valence-corrected chi connectivity index (χ1v) is 20.2. The maximum Gasteiger partial charge on any atom is 0.139 e. The number of fused-ring (bicyclic) bond motifs is 6. The van der Waals surface area contributed by atoms with E-state index < -0.39 is 0 Å². The summed E-state index contributed by atoms with van der Waals surface area (Å²) in [4.78, 5) is 0. The van der Waals surface area contributed by atoms with Crippen molar-refractivity contribution in [1.29, 1.82) is 0 Å². The average Bonchev–Trinajstić information content (AvgIpc) is 3.61. The molecule has 1 nitrogen and oxygen atoms in total. The third-order valence-corrected chi connectivity index (χ3v) is 13.5. The number of benzene rings is 9. The molecule has 0 atom stereocenters. The summed E-state index contributed by atoms with van der Waals surface area (Å²) < 4.78 is 6.53. The van der Waals surface area contributed by atoms with Crippen LogP contribution >= 0.6 is 0 Å². The normalized spacial score (nSPS) is 11.7. The minimum absolute atomic E-state index is 0.920. The Morgan fingerprint density at radius 1 is 0.281 bits per heavy atom. The number of hydrogen-bond donors (Lipinski definition) is 0.